The van der Waals surface area contributed by atoms with E-state index >= 15 is 0 Å². The van der Waals surface area contributed by atoms with Gasteiger partial charge < -0.3 is 14.9 Å². The second-order valence-electron chi connectivity index (χ2n) is 8.01. The Hall–Kier alpha value is 1.13. The molecule has 4 rings (SSSR count). The fourth-order valence-electron chi connectivity index (χ4n) is 5.86. The molecule has 5 nitrogen and oxygen atoms in total. The molecule has 0 spiro atoms. The maximum Gasteiger partial charge on any atom is 0.469 e. The van der Waals surface area contributed by atoms with E-state index in [1.165, 1.54) is 11.1 Å². The zero-order chi connectivity index (χ0) is 17.1. The largest absolute Gasteiger partial charge is 0.508 e. The van der Waals surface area contributed by atoms with Crippen LogP contribution in [0.15, 0.2) is 18.2 Å². The summed E-state index contributed by atoms with van der Waals surface area (Å²) in [5, 5.41) is 9.73. The quantitative estimate of drug-likeness (QED) is 0.527. The van der Waals surface area contributed by atoms with Gasteiger partial charge in [0.1, 0.15) is 5.75 Å². The molecule has 2 radical (unpaired) electrons. The molecule has 0 bridgehead atoms. The van der Waals surface area contributed by atoms with Gasteiger partial charge in [0.05, 0.1) is 6.10 Å². The fourth-order valence-corrected chi connectivity index (χ4v) is 6.54. The molecule has 1 aromatic carbocycles. The predicted molar refractivity (Wildman–Crippen MR) is 101 cm³/mol. The Morgan fingerprint density at radius 3 is 2.58 bits per heavy atom. The Labute approximate surface area is 199 Å². The van der Waals surface area contributed by atoms with Crippen LogP contribution in [0.25, 0.3) is 0 Å². The first-order valence-corrected chi connectivity index (χ1v) is 10.4. The summed E-state index contributed by atoms with van der Waals surface area (Å²) >= 11 is 0. The van der Waals surface area contributed by atoms with Crippen LogP contribution < -0.4 is 0 Å². The molecule has 8 heteroatoms. The zero-order valence-corrected chi connectivity index (χ0v) is 20.8. The maximum atomic E-state index is 11.3. The second-order valence-corrected chi connectivity index (χ2v) is 9.20. The number of hydrogen-bond donors (Lipinski definition) is 3. The Kier molecular flexibility index (Phi) is 7.63. The van der Waals surface area contributed by atoms with E-state index in [4.69, 9.17) is 4.52 Å². The normalized spacial score (nSPS) is 35.3. The van der Waals surface area contributed by atoms with Crippen LogP contribution in [0.3, 0.4) is 0 Å². The zero-order valence-electron chi connectivity index (χ0n) is 15.9. The van der Waals surface area contributed by atoms with Crippen molar-refractivity contribution in [1.29, 1.82) is 0 Å². The van der Waals surface area contributed by atoms with E-state index in [1.807, 2.05) is 6.07 Å². The predicted octanol–water partition coefficient (Wildman–Crippen LogP) is 2.96. The van der Waals surface area contributed by atoms with E-state index in [0.717, 1.165) is 38.5 Å². The van der Waals surface area contributed by atoms with E-state index in [9.17, 15) is 19.5 Å². The van der Waals surface area contributed by atoms with Gasteiger partial charge in [0.25, 0.3) is 0 Å². The van der Waals surface area contributed by atoms with Crippen LogP contribution in [-0.4, -0.2) is 80.1 Å². The first-order valence-electron chi connectivity index (χ1n) is 8.84. The maximum absolute atomic E-state index is 11.3. The molecule has 0 aliphatic heterocycles. The minimum absolute atomic E-state index is 0. The molecule has 2 fully saturated rings. The van der Waals surface area contributed by atoms with Crippen LogP contribution in [-0.2, 0) is 15.5 Å². The molecule has 134 valence electrons. The van der Waals surface area contributed by atoms with E-state index in [2.05, 4.69) is 13.0 Å². The number of phenols is 1. The van der Waals surface area contributed by atoms with Crippen molar-refractivity contribution in [2.45, 2.75) is 57.5 Å². The summed E-state index contributed by atoms with van der Waals surface area (Å²) in [5.41, 5.74) is 2.49. The van der Waals surface area contributed by atoms with Crippen LogP contribution in [0.5, 0.6) is 5.75 Å². The van der Waals surface area contributed by atoms with Crippen LogP contribution >= 0.6 is 7.82 Å². The molecule has 26 heavy (non-hydrogen) atoms. The number of aryl methyl sites for hydroxylation is 1. The minimum Gasteiger partial charge on any atom is -0.508 e. The molecule has 0 saturated heterocycles. The van der Waals surface area contributed by atoms with Crippen molar-refractivity contribution in [2.75, 3.05) is 0 Å². The van der Waals surface area contributed by atoms with Crippen molar-refractivity contribution in [3.8, 4) is 5.75 Å². The number of rotatable bonds is 2. The van der Waals surface area contributed by atoms with Gasteiger partial charge in [-0.3, -0.25) is 4.52 Å². The number of phosphoric acid groups is 1. The molecule has 0 aromatic heterocycles. The van der Waals surface area contributed by atoms with Crippen LogP contribution in [0.1, 0.15) is 56.1 Å². The summed E-state index contributed by atoms with van der Waals surface area (Å²) in [6, 6.07) is 5.75. The third kappa shape index (κ3) is 4.18. The minimum atomic E-state index is -4.44. The van der Waals surface area contributed by atoms with Gasteiger partial charge in [0.2, 0.25) is 0 Å². The van der Waals surface area contributed by atoms with E-state index in [1.54, 1.807) is 6.07 Å². The van der Waals surface area contributed by atoms with Gasteiger partial charge in [0, 0.05) is 59.1 Å². The standard InChI is InChI=1S/C18H25O5P.2Na/c1-18-9-8-14-13-5-3-12(19)10-11(13)2-4-15(14)16(18)6-7-17(18)23-24(20,21)22;;/h3,5,10,14-17,19H,2,4,6-9H2,1H3,(H2,20,21,22);;/t14-,15-,16+,17+,18+;;/m1../s1. The third-order valence-corrected chi connectivity index (χ3v) is 7.42. The molecular weight excluding hydrogens is 373 g/mol. The van der Waals surface area contributed by atoms with E-state index in [0.29, 0.717) is 23.5 Å². The average Bonchev–Trinajstić information content (AvgIpc) is 2.82. The molecule has 3 N–H and O–H groups in total. The van der Waals surface area contributed by atoms with Crippen molar-refractivity contribution in [3.63, 3.8) is 0 Å². The Bertz CT molecular complexity index is 709. The Balaban J connectivity index is 0.00000121. The van der Waals surface area contributed by atoms with Gasteiger partial charge in [-0.25, -0.2) is 4.57 Å². The molecule has 1 aromatic rings. The molecule has 0 amide bonds. The van der Waals surface area contributed by atoms with Crippen molar-refractivity contribution in [1.82, 2.24) is 0 Å². The number of aromatic hydroxyl groups is 1. The molecule has 0 heterocycles. The van der Waals surface area contributed by atoms with E-state index < -0.39 is 7.82 Å². The summed E-state index contributed by atoms with van der Waals surface area (Å²) in [6.07, 6.45) is 5.39. The Morgan fingerprint density at radius 1 is 1.15 bits per heavy atom. The third-order valence-electron chi connectivity index (χ3n) is 6.89. The number of fused-ring (bicyclic) bond motifs is 5. The first kappa shape index (κ1) is 23.4. The number of hydrogen-bond acceptors (Lipinski definition) is 3. The summed E-state index contributed by atoms with van der Waals surface area (Å²) in [4.78, 5) is 18.5. The molecule has 0 unspecified atom stereocenters. The fraction of sp³-hybridized carbons (Fsp3) is 0.667. The number of phenolic OH excluding ortho intramolecular Hbond substituents is 1. The molecule has 5 atom stereocenters. The van der Waals surface area contributed by atoms with Gasteiger partial charge in [-0.2, -0.15) is 0 Å². The smallest absolute Gasteiger partial charge is 0.469 e. The summed E-state index contributed by atoms with van der Waals surface area (Å²) in [6.45, 7) is 2.16. The summed E-state index contributed by atoms with van der Waals surface area (Å²) < 4.78 is 16.5. The number of benzene rings is 1. The average molecular weight is 398 g/mol. The second kappa shape index (κ2) is 8.47. The molecule has 3 aliphatic rings. The molecule has 2 saturated carbocycles. The monoisotopic (exact) mass is 398 g/mol. The summed E-state index contributed by atoms with van der Waals surface area (Å²) in [7, 11) is -4.44. The van der Waals surface area contributed by atoms with Crippen LogP contribution in [0.4, 0.5) is 0 Å². The van der Waals surface area contributed by atoms with E-state index in [-0.39, 0.29) is 70.6 Å². The van der Waals surface area contributed by atoms with Crippen molar-refractivity contribution in [2.24, 2.45) is 17.3 Å². The van der Waals surface area contributed by atoms with Gasteiger partial charge in [-0.15, -0.1) is 0 Å². The SMILES string of the molecule is C[C@]12CC[C@@H]3c4ccc(O)cc4CC[C@H]3[C@@H]1CC[C@@H]2OP(=O)(O)O.[Na].[Na]. The van der Waals surface area contributed by atoms with Crippen molar-refractivity contribution >= 4 is 66.9 Å². The van der Waals surface area contributed by atoms with Crippen molar-refractivity contribution < 1.29 is 24.0 Å². The van der Waals surface area contributed by atoms with Crippen LogP contribution in [0.2, 0.25) is 0 Å². The van der Waals surface area contributed by atoms with Gasteiger partial charge in [-0.1, -0.05) is 13.0 Å². The topological polar surface area (TPSA) is 87.0 Å². The van der Waals surface area contributed by atoms with Crippen molar-refractivity contribution in [3.05, 3.63) is 29.3 Å². The molecule has 3 aliphatic carbocycles. The Morgan fingerprint density at radius 2 is 1.88 bits per heavy atom. The molecular formula is C18H25Na2O5P. The van der Waals surface area contributed by atoms with Gasteiger partial charge >= 0.3 is 7.82 Å². The van der Waals surface area contributed by atoms with Gasteiger partial charge in [-0.05, 0) is 85.0 Å². The summed E-state index contributed by atoms with van der Waals surface area (Å²) in [5.74, 6) is 1.84. The number of phosphoric ester groups is 1. The first-order chi connectivity index (χ1) is 11.3. The van der Waals surface area contributed by atoms with Gasteiger partial charge in [0.15, 0.2) is 0 Å². The van der Waals surface area contributed by atoms with Crippen LogP contribution in [0, 0.1) is 17.3 Å².